The van der Waals surface area contributed by atoms with Gasteiger partial charge in [-0.3, -0.25) is 0 Å². The van der Waals surface area contributed by atoms with E-state index in [1.54, 1.807) is 0 Å². The lowest BCUT2D eigenvalue weighted by Gasteiger charge is -2.17. The van der Waals surface area contributed by atoms with E-state index in [0.717, 1.165) is 16.5 Å². The van der Waals surface area contributed by atoms with Crippen molar-refractivity contribution in [2.45, 2.75) is 44.6 Å². The van der Waals surface area contributed by atoms with Gasteiger partial charge in [0.15, 0.2) is 5.82 Å². The Hall–Kier alpha value is -1.27. The number of hydrogen-bond donors (Lipinski definition) is 1. The van der Waals surface area contributed by atoms with E-state index in [2.05, 4.69) is 15.1 Å². The van der Waals surface area contributed by atoms with E-state index in [9.17, 15) is 0 Å². The molecule has 2 aromatic rings. The van der Waals surface area contributed by atoms with Crippen LogP contribution >= 0.6 is 11.3 Å². The summed E-state index contributed by atoms with van der Waals surface area (Å²) in [5.74, 6) is 1.82. The predicted molar refractivity (Wildman–Crippen MR) is 69.1 cm³/mol. The van der Waals surface area contributed by atoms with Gasteiger partial charge < -0.3 is 10.3 Å². The molecule has 1 fully saturated rings. The summed E-state index contributed by atoms with van der Waals surface area (Å²) >= 11 is 1.53. The molecule has 1 saturated carbocycles. The van der Waals surface area contributed by atoms with E-state index in [-0.39, 0.29) is 0 Å². The minimum atomic E-state index is 0.453. The summed E-state index contributed by atoms with van der Waals surface area (Å²) in [7, 11) is 0. The first-order valence-electron chi connectivity index (χ1n) is 6.35. The van der Waals surface area contributed by atoms with E-state index in [1.165, 1.54) is 43.4 Å². The molecule has 0 bridgehead atoms. The molecule has 96 valence electrons. The Bertz CT molecular complexity index is 516. The van der Waals surface area contributed by atoms with E-state index in [1.807, 2.05) is 5.38 Å². The van der Waals surface area contributed by atoms with Crippen molar-refractivity contribution in [2.24, 2.45) is 5.73 Å². The number of aromatic nitrogens is 3. The normalized spacial score (nSPS) is 17.2. The Labute approximate surface area is 109 Å². The second-order valence-electron chi connectivity index (χ2n) is 4.62. The molecule has 18 heavy (non-hydrogen) atoms. The summed E-state index contributed by atoms with van der Waals surface area (Å²) in [5, 5.41) is 6.91. The number of thiazole rings is 1. The van der Waals surface area contributed by atoms with Crippen LogP contribution < -0.4 is 5.73 Å². The summed E-state index contributed by atoms with van der Waals surface area (Å²) in [5.41, 5.74) is 6.29. The van der Waals surface area contributed by atoms with Gasteiger partial charge in [0, 0.05) is 17.8 Å². The van der Waals surface area contributed by atoms with Crippen molar-refractivity contribution in [3.05, 3.63) is 16.2 Å². The van der Waals surface area contributed by atoms with Gasteiger partial charge in [-0.05, 0) is 12.8 Å². The van der Waals surface area contributed by atoms with Crippen molar-refractivity contribution in [2.75, 3.05) is 0 Å². The second kappa shape index (κ2) is 5.16. The van der Waals surface area contributed by atoms with E-state index < -0.39 is 0 Å². The zero-order chi connectivity index (χ0) is 12.4. The highest BCUT2D eigenvalue weighted by molar-refractivity contribution is 7.09. The number of hydrogen-bond acceptors (Lipinski definition) is 6. The van der Waals surface area contributed by atoms with Crippen molar-refractivity contribution >= 4 is 11.3 Å². The average Bonchev–Trinajstić information content (AvgIpc) is 3.08. The summed E-state index contributed by atoms with van der Waals surface area (Å²) in [6.07, 6.45) is 6.20. The minimum absolute atomic E-state index is 0.453. The highest BCUT2D eigenvalue weighted by atomic mass is 32.1. The Kier molecular flexibility index (Phi) is 3.38. The maximum absolute atomic E-state index is 5.54. The molecule has 1 aliphatic rings. The second-order valence-corrected chi connectivity index (χ2v) is 5.57. The van der Waals surface area contributed by atoms with Crippen LogP contribution in [0.2, 0.25) is 0 Å². The van der Waals surface area contributed by atoms with Crippen LogP contribution in [-0.4, -0.2) is 15.1 Å². The molecule has 0 aromatic carbocycles. The third kappa shape index (κ3) is 2.30. The fourth-order valence-electron chi connectivity index (χ4n) is 2.37. The summed E-state index contributed by atoms with van der Waals surface area (Å²) in [6, 6.07) is 0. The molecule has 5 nitrogen and oxygen atoms in total. The molecule has 2 N–H and O–H groups in total. The zero-order valence-electron chi connectivity index (χ0n) is 10.1. The quantitative estimate of drug-likeness (QED) is 0.922. The number of nitrogens with zero attached hydrogens (tertiary/aromatic N) is 3. The van der Waals surface area contributed by atoms with Crippen LogP contribution in [0, 0.1) is 0 Å². The molecule has 2 aromatic heterocycles. The molecule has 0 aliphatic heterocycles. The van der Waals surface area contributed by atoms with Gasteiger partial charge in [-0.1, -0.05) is 24.4 Å². The molecular weight excluding hydrogens is 248 g/mol. The fourth-order valence-corrected chi connectivity index (χ4v) is 3.02. The molecule has 0 saturated heterocycles. The number of nitrogens with two attached hydrogens (primary N) is 1. The lowest BCUT2D eigenvalue weighted by atomic mass is 9.89. The Morgan fingerprint density at radius 3 is 2.83 bits per heavy atom. The number of rotatable bonds is 3. The van der Waals surface area contributed by atoms with Gasteiger partial charge in [-0.15, -0.1) is 11.3 Å². The Balaban J connectivity index is 1.79. The monoisotopic (exact) mass is 264 g/mol. The Morgan fingerprint density at radius 1 is 1.28 bits per heavy atom. The van der Waals surface area contributed by atoms with Gasteiger partial charge in [0.05, 0.1) is 0 Å². The first kappa shape index (κ1) is 11.8. The molecule has 0 radical (unpaired) electrons. The van der Waals surface area contributed by atoms with Crippen LogP contribution in [-0.2, 0) is 6.54 Å². The Morgan fingerprint density at radius 2 is 2.11 bits per heavy atom. The molecular formula is C12H16N4OS. The van der Waals surface area contributed by atoms with Gasteiger partial charge in [-0.2, -0.15) is 4.98 Å². The smallest absolute Gasteiger partial charge is 0.277 e. The first-order valence-corrected chi connectivity index (χ1v) is 7.23. The van der Waals surface area contributed by atoms with E-state index in [0.29, 0.717) is 18.4 Å². The van der Waals surface area contributed by atoms with Crippen LogP contribution in [0.3, 0.4) is 0 Å². The summed E-state index contributed by atoms with van der Waals surface area (Å²) in [4.78, 5) is 8.83. The molecule has 6 heteroatoms. The van der Waals surface area contributed by atoms with Crippen molar-refractivity contribution in [1.29, 1.82) is 0 Å². The maximum Gasteiger partial charge on any atom is 0.277 e. The lowest BCUT2D eigenvalue weighted by Crippen LogP contribution is -2.06. The van der Waals surface area contributed by atoms with Gasteiger partial charge in [-0.25, -0.2) is 4.98 Å². The molecule has 0 amide bonds. The minimum Gasteiger partial charge on any atom is -0.332 e. The average molecular weight is 264 g/mol. The van der Waals surface area contributed by atoms with E-state index in [4.69, 9.17) is 10.3 Å². The van der Waals surface area contributed by atoms with Crippen molar-refractivity contribution in [3.63, 3.8) is 0 Å². The third-order valence-electron chi connectivity index (χ3n) is 3.36. The zero-order valence-corrected chi connectivity index (χ0v) is 10.9. The molecule has 2 heterocycles. The summed E-state index contributed by atoms with van der Waals surface area (Å²) < 4.78 is 5.30. The molecule has 1 aliphatic carbocycles. The van der Waals surface area contributed by atoms with Crippen LogP contribution in [0.15, 0.2) is 9.90 Å². The van der Waals surface area contributed by atoms with Crippen molar-refractivity contribution in [3.8, 4) is 11.6 Å². The van der Waals surface area contributed by atoms with Gasteiger partial charge in [0.25, 0.3) is 5.89 Å². The summed E-state index contributed by atoms with van der Waals surface area (Å²) in [6.45, 7) is 0.453. The van der Waals surface area contributed by atoms with Crippen molar-refractivity contribution in [1.82, 2.24) is 15.1 Å². The third-order valence-corrected chi connectivity index (χ3v) is 4.23. The first-order chi connectivity index (χ1) is 8.86. The van der Waals surface area contributed by atoms with Crippen LogP contribution in [0.5, 0.6) is 0 Å². The van der Waals surface area contributed by atoms with E-state index >= 15 is 0 Å². The van der Waals surface area contributed by atoms with Crippen LogP contribution in [0.1, 0.15) is 48.9 Å². The highest BCUT2D eigenvalue weighted by Gasteiger charge is 2.22. The standard InChI is InChI=1S/C12H16N4OS/c13-6-10-14-9(7-18-10)12-15-11(16-17-12)8-4-2-1-3-5-8/h7-8H,1-6,13H2. The fraction of sp³-hybridized carbons (Fsp3) is 0.583. The molecule has 0 unspecified atom stereocenters. The topological polar surface area (TPSA) is 77.8 Å². The van der Waals surface area contributed by atoms with Gasteiger partial charge >= 0.3 is 0 Å². The predicted octanol–water partition coefficient (Wildman–Crippen LogP) is 2.70. The van der Waals surface area contributed by atoms with Crippen molar-refractivity contribution < 1.29 is 4.52 Å². The molecule has 3 rings (SSSR count). The maximum atomic E-state index is 5.54. The van der Waals surface area contributed by atoms with Gasteiger partial charge in [0.1, 0.15) is 10.7 Å². The largest absolute Gasteiger partial charge is 0.332 e. The van der Waals surface area contributed by atoms with Crippen LogP contribution in [0.25, 0.3) is 11.6 Å². The molecule has 0 atom stereocenters. The molecule has 0 spiro atoms. The SMILES string of the molecule is NCc1nc(-c2nc(C3CCCCC3)no2)cs1. The highest BCUT2D eigenvalue weighted by Crippen LogP contribution is 2.32. The van der Waals surface area contributed by atoms with Crippen LogP contribution in [0.4, 0.5) is 0 Å². The lowest BCUT2D eigenvalue weighted by molar-refractivity contribution is 0.385. The van der Waals surface area contributed by atoms with Gasteiger partial charge in [0.2, 0.25) is 0 Å².